The second-order valence-electron chi connectivity index (χ2n) is 6.10. The molecule has 1 fully saturated rings. The lowest BCUT2D eigenvalue weighted by atomic mass is 9.99. The van der Waals surface area contributed by atoms with Crippen molar-refractivity contribution in [3.63, 3.8) is 0 Å². The number of rotatable bonds is 8. The van der Waals surface area contributed by atoms with E-state index in [4.69, 9.17) is 4.74 Å². The topological polar surface area (TPSA) is 24.5 Å². The summed E-state index contributed by atoms with van der Waals surface area (Å²) >= 11 is 0. The van der Waals surface area contributed by atoms with E-state index in [0.717, 1.165) is 25.7 Å². The maximum absolute atomic E-state index is 5.42. The van der Waals surface area contributed by atoms with Crippen molar-refractivity contribution in [3.8, 4) is 0 Å². The van der Waals surface area contributed by atoms with Gasteiger partial charge in [0, 0.05) is 31.8 Å². The minimum Gasteiger partial charge on any atom is -0.381 e. The third kappa shape index (κ3) is 6.72. The summed E-state index contributed by atoms with van der Waals surface area (Å²) in [5.41, 5.74) is 0. The smallest absolute Gasteiger partial charge is 0.0469 e. The van der Waals surface area contributed by atoms with E-state index in [-0.39, 0.29) is 0 Å². The molecule has 0 aromatic heterocycles. The van der Waals surface area contributed by atoms with E-state index in [9.17, 15) is 0 Å². The van der Waals surface area contributed by atoms with Crippen molar-refractivity contribution in [1.82, 2.24) is 10.2 Å². The Labute approximate surface area is 113 Å². The molecule has 1 rings (SSSR count). The van der Waals surface area contributed by atoms with Crippen LogP contribution in [-0.2, 0) is 4.74 Å². The minimum absolute atomic E-state index is 0.611. The third-order valence-electron chi connectivity index (χ3n) is 3.99. The number of nitrogens with one attached hydrogen (secondary N) is 1. The summed E-state index contributed by atoms with van der Waals surface area (Å²) in [6.45, 7) is 11.1. The van der Waals surface area contributed by atoms with Gasteiger partial charge in [0.15, 0.2) is 0 Å². The van der Waals surface area contributed by atoms with E-state index in [2.05, 4.69) is 38.0 Å². The first-order valence-corrected chi connectivity index (χ1v) is 7.61. The van der Waals surface area contributed by atoms with Crippen LogP contribution >= 0.6 is 0 Å². The largest absolute Gasteiger partial charge is 0.381 e. The van der Waals surface area contributed by atoms with Crippen LogP contribution < -0.4 is 5.32 Å². The summed E-state index contributed by atoms with van der Waals surface area (Å²) in [5, 5.41) is 3.49. The second kappa shape index (κ2) is 8.89. The molecular weight excluding hydrogens is 224 g/mol. The highest BCUT2D eigenvalue weighted by Crippen LogP contribution is 2.17. The van der Waals surface area contributed by atoms with Gasteiger partial charge in [-0.15, -0.1) is 0 Å². The summed E-state index contributed by atoms with van der Waals surface area (Å²) in [6.07, 6.45) is 5.05. The van der Waals surface area contributed by atoms with Crippen molar-refractivity contribution in [2.75, 3.05) is 33.4 Å². The zero-order chi connectivity index (χ0) is 13.4. The maximum Gasteiger partial charge on any atom is 0.0469 e. The molecule has 1 saturated heterocycles. The highest BCUT2D eigenvalue weighted by atomic mass is 16.5. The van der Waals surface area contributed by atoms with E-state index in [1.807, 2.05) is 0 Å². The van der Waals surface area contributed by atoms with E-state index in [1.165, 1.54) is 32.2 Å². The van der Waals surface area contributed by atoms with Crippen molar-refractivity contribution < 1.29 is 4.74 Å². The van der Waals surface area contributed by atoms with Gasteiger partial charge in [-0.3, -0.25) is 0 Å². The molecule has 0 amide bonds. The number of ether oxygens (including phenoxy) is 1. The van der Waals surface area contributed by atoms with Gasteiger partial charge in [-0.05, 0) is 52.1 Å². The summed E-state index contributed by atoms with van der Waals surface area (Å²) in [7, 11) is 2.27. The quantitative estimate of drug-likeness (QED) is 0.675. The van der Waals surface area contributed by atoms with E-state index in [0.29, 0.717) is 12.1 Å². The van der Waals surface area contributed by atoms with Crippen LogP contribution in [0.25, 0.3) is 0 Å². The second-order valence-corrected chi connectivity index (χ2v) is 6.10. The minimum atomic E-state index is 0.611. The van der Waals surface area contributed by atoms with Crippen molar-refractivity contribution >= 4 is 0 Å². The van der Waals surface area contributed by atoms with Gasteiger partial charge in [0.05, 0.1) is 0 Å². The Morgan fingerprint density at radius 3 is 2.50 bits per heavy atom. The fraction of sp³-hybridized carbons (Fsp3) is 1.00. The van der Waals surface area contributed by atoms with Crippen LogP contribution in [0.3, 0.4) is 0 Å². The molecule has 0 spiro atoms. The SMILES string of the molecule is CC(C)NCCCC(C)N(C)CC1CCOCC1. The van der Waals surface area contributed by atoms with Gasteiger partial charge < -0.3 is 15.0 Å². The first-order valence-electron chi connectivity index (χ1n) is 7.61. The fourth-order valence-corrected chi connectivity index (χ4v) is 2.52. The van der Waals surface area contributed by atoms with Crippen LogP contribution in [-0.4, -0.2) is 50.3 Å². The highest BCUT2D eigenvalue weighted by molar-refractivity contribution is 4.71. The lowest BCUT2D eigenvalue weighted by Crippen LogP contribution is -2.36. The van der Waals surface area contributed by atoms with E-state index in [1.54, 1.807) is 0 Å². The van der Waals surface area contributed by atoms with Gasteiger partial charge in [-0.2, -0.15) is 0 Å². The molecule has 0 aromatic carbocycles. The molecule has 3 nitrogen and oxygen atoms in total. The predicted octanol–water partition coefficient (Wildman–Crippen LogP) is 2.51. The Balaban J connectivity index is 2.09. The molecule has 1 aliphatic rings. The standard InChI is InChI=1S/C15H32N2O/c1-13(2)16-9-5-6-14(3)17(4)12-15-7-10-18-11-8-15/h13-16H,5-12H2,1-4H3. The lowest BCUT2D eigenvalue weighted by Gasteiger charge is -2.31. The van der Waals surface area contributed by atoms with Crippen LogP contribution in [0.1, 0.15) is 46.5 Å². The monoisotopic (exact) mass is 256 g/mol. The Morgan fingerprint density at radius 2 is 1.89 bits per heavy atom. The number of nitrogens with zero attached hydrogens (tertiary/aromatic N) is 1. The van der Waals surface area contributed by atoms with E-state index >= 15 is 0 Å². The molecule has 1 heterocycles. The predicted molar refractivity (Wildman–Crippen MR) is 78.0 cm³/mol. The van der Waals surface area contributed by atoms with Gasteiger partial charge in [0.2, 0.25) is 0 Å². The van der Waals surface area contributed by atoms with Crippen molar-refractivity contribution in [2.24, 2.45) is 5.92 Å². The molecule has 3 heteroatoms. The zero-order valence-corrected chi connectivity index (χ0v) is 12.7. The van der Waals surface area contributed by atoms with Gasteiger partial charge in [-0.1, -0.05) is 13.8 Å². The summed E-state index contributed by atoms with van der Waals surface area (Å²) in [4.78, 5) is 2.53. The fourth-order valence-electron chi connectivity index (χ4n) is 2.52. The Kier molecular flexibility index (Phi) is 7.87. The Hall–Kier alpha value is -0.120. The van der Waals surface area contributed by atoms with Crippen LogP contribution in [0.4, 0.5) is 0 Å². The van der Waals surface area contributed by atoms with Crippen molar-refractivity contribution in [2.45, 2.75) is 58.5 Å². The molecule has 0 saturated carbocycles. The van der Waals surface area contributed by atoms with Crippen LogP contribution in [0.2, 0.25) is 0 Å². The molecule has 0 aliphatic carbocycles. The lowest BCUT2D eigenvalue weighted by molar-refractivity contribution is 0.0507. The van der Waals surface area contributed by atoms with Crippen LogP contribution in [0, 0.1) is 5.92 Å². The van der Waals surface area contributed by atoms with E-state index < -0.39 is 0 Å². The molecule has 1 aliphatic heterocycles. The van der Waals surface area contributed by atoms with Crippen molar-refractivity contribution in [1.29, 1.82) is 0 Å². The average Bonchev–Trinajstić information content (AvgIpc) is 2.35. The van der Waals surface area contributed by atoms with Crippen molar-refractivity contribution in [3.05, 3.63) is 0 Å². The number of hydrogen-bond acceptors (Lipinski definition) is 3. The molecular formula is C15H32N2O. The van der Waals surface area contributed by atoms with Gasteiger partial charge in [-0.25, -0.2) is 0 Å². The van der Waals surface area contributed by atoms with Gasteiger partial charge in [0.1, 0.15) is 0 Å². The van der Waals surface area contributed by atoms with Crippen LogP contribution in [0.15, 0.2) is 0 Å². The summed E-state index contributed by atoms with van der Waals surface area (Å²) < 4.78 is 5.42. The molecule has 1 N–H and O–H groups in total. The molecule has 1 unspecified atom stereocenters. The Morgan fingerprint density at radius 1 is 1.22 bits per heavy atom. The normalized spacial score (nSPS) is 19.7. The molecule has 0 radical (unpaired) electrons. The first kappa shape index (κ1) is 15.9. The van der Waals surface area contributed by atoms with Gasteiger partial charge >= 0.3 is 0 Å². The maximum atomic E-state index is 5.42. The molecule has 1 atom stereocenters. The Bertz CT molecular complexity index is 203. The summed E-state index contributed by atoms with van der Waals surface area (Å²) in [5.74, 6) is 0.847. The third-order valence-corrected chi connectivity index (χ3v) is 3.99. The highest BCUT2D eigenvalue weighted by Gasteiger charge is 2.18. The molecule has 0 bridgehead atoms. The van der Waals surface area contributed by atoms with Crippen LogP contribution in [0.5, 0.6) is 0 Å². The zero-order valence-electron chi connectivity index (χ0n) is 12.7. The first-order chi connectivity index (χ1) is 8.59. The molecule has 108 valence electrons. The van der Waals surface area contributed by atoms with Gasteiger partial charge in [0.25, 0.3) is 0 Å². The number of hydrogen-bond donors (Lipinski definition) is 1. The summed E-state index contributed by atoms with van der Waals surface area (Å²) in [6, 6.07) is 1.31. The average molecular weight is 256 g/mol. The molecule has 0 aromatic rings. The molecule has 18 heavy (non-hydrogen) atoms.